The van der Waals surface area contributed by atoms with E-state index in [4.69, 9.17) is 82.3 Å². The number of rotatable bonds is 16. The molecule has 6 aliphatic rings. The van der Waals surface area contributed by atoms with Gasteiger partial charge in [0.2, 0.25) is 0 Å². The fourth-order valence-corrected chi connectivity index (χ4v) is 70.5. The van der Waals surface area contributed by atoms with Crippen molar-refractivity contribution in [2.45, 2.75) is 157 Å². The predicted octanol–water partition coefficient (Wildman–Crippen LogP) is 6.55. The van der Waals surface area contributed by atoms with Crippen molar-refractivity contribution in [2.24, 2.45) is 0 Å². The average Bonchev–Trinajstić information content (AvgIpc) is 2.73. The molecule has 0 radical (unpaired) electrons. The summed E-state index contributed by atoms with van der Waals surface area (Å²) >= 11 is 0. The number of hydrogen-bond acceptors (Lipinski definition) is 20. The van der Waals surface area contributed by atoms with Crippen LogP contribution in [-0.2, 0) is 82.3 Å². The van der Waals surface area contributed by atoms with Gasteiger partial charge in [-0.3, -0.25) is 0 Å². The molecule has 6 rings (SSSR count). The minimum absolute atomic E-state index is 1.95. The molecule has 6 fully saturated rings. The van der Waals surface area contributed by atoms with Crippen LogP contribution < -0.4 is 0 Å². The van der Waals surface area contributed by atoms with Gasteiger partial charge < -0.3 is 82.3 Å². The van der Waals surface area contributed by atoms with Crippen LogP contribution >= 0.6 is 0 Å². The van der Waals surface area contributed by atoms with Crippen molar-refractivity contribution in [3.05, 3.63) is 0 Å². The van der Waals surface area contributed by atoms with Gasteiger partial charge in [-0.15, -0.1) is 0 Å². The van der Waals surface area contributed by atoms with E-state index < -0.39 is 139 Å². The molecule has 6 saturated heterocycles. The third-order valence-electron chi connectivity index (χ3n) is 6.45. The Kier molecular flexibility index (Phi) is 14.4. The quantitative estimate of drug-likeness (QED) is 0.151. The van der Waals surface area contributed by atoms with Crippen LogP contribution in [0.1, 0.15) is 0 Å². The topological polar surface area (TPSA) is 185 Å². The Labute approximate surface area is 375 Å². The molecule has 0 N–H and O–H groups in total. The van der Waals surface area contributed by atoms with E-state index in [-0.39, 0.29) is 0 Å². The molecule has 0 aromatic carbocycles. The zero-order valence-corrected chi connectivity index (χ0v) is 56.2. The molecule has 6 aliphatic heterocycles. The highest BCUT2D eigenvalue weighted by atomic mass is 28.7. The van der Waals surface area contributed by atoms with Crippen LogP contribution in [0.25, 0.3) is 0 Å². The fraction of sp³-hybridized carbons (Fsp3) is 1.00. The van der Waals surface area contributed by atoms with E-state index in [0.29, 0.717) is 0 Å². The molecule has 0 aromatic rings. The minimum Gasteiger partial charge on any atom is -0.396 e. The number of hydrogen-bond donors (Lipinski definition) is 0. The molecular weight excluding hydrogens is 1060 g/mol. The summed E-state index contributed by atoms with van der Waals surface area (Å²) in [6, 6.07) is 0. The van der Waals surface area contributed by atoms with Crippen molar-refractivity contribution in [3.63, 3.8) is 0 Å². The van der Waals surface area contributed by atoms with E-state index in [2.05, 4.69) is 0 Å². The Morgan fingerprint density at radius 3 is 0.283 bits per heavy atom. The smallest absolute Gasteiger partial charge is 0.396 e. The zero-order chi connectivity index (χ0) is 46.1. The first kappa shape index (κ1) is 53.6. The molecule has 36 heteroatoms. The van der Waals surface area contributed by atoms with Crippen LogP contribution in [0.2, 0.25) is 157 Å². The summed E-state index contributed by atoms with van der Waals surface area (Å²) < 4.78 is 145. The Morgan fingerprint density at radius 1 is 0.167 bits per heavy atom. The normalized spacial score (nSPS) is 39.6. The highest BCUT2D eigenvalue weighted by Crippen LogP contribution is 2.53. The third-order valence-corrected chi connectivity index (χ3v) is 58.0. The summed E-state index contributed by atoms with van der Waals surface area (Å²) in [5, 5.41) is 0. The molecule has 0 amide bonds. The first-order valence-corrected chi connectivity index (χ1v) is 60.5. The third kappa shape index (κ3) is 14.4. The van der Waals surface area contributed by atoms with Gasteiger partial charge in [0.1, 0.15) is 0 Å². The van der Waals surface area contributed by atoms with Gasteiger partial charge in [0, 0.05) is 0 Å². The van der Waals surface area contributed by atoms with E-state index in [1.165, 1.54) is 0 Å². The maximum absolute atomic E-state index is 7.35. The SMILES string of the molecule is C[Si](C)(C)O[Si]12O[Si]3(O[Si](C)(C)C)O[Si]4(O[Si](C)(C)C)O[Si](O[Si](C)(C)C)(O1)O[Si]1(O[Si](C)(C)C)O[Si](O[Si](C)(C)C)(O2)O[Si](O[Si](C)(C)C)(O3)O[Si](O[Si](C)(C)C)(O4)O1. The molecule has 6 heterocycles. The van der Waals surface area contributed by atoms with Crippen LogP contribution in [0.5, 0.6) is 0 Å². The summed E-state index contributed by atoms with van der Waals surface area (Å²) in [6.45, 7) is 46.9. The van der Waals surface area contributed by atoms with Gasteiger partial charge >= 0.3 is 72.4 Å². The van der Waals surface area contributed by atoms with Crippen LogP contribution in [0.15, 0.2) is 0 Å². The Hall–Kier alpha value is 2.67. The molecule has 0 aromatic heterocycles. The second-order valence-electron chi connectivity index (χ2n) is 22.9. The van der Waals surface area contributed by atoms with Crippen LogP contribution in [0, 0.1) is 0 Å². The lowest BCUT2D eigenvalue weighted by Crippen LogP contribution is -2.92. The van der Waals surface area contributed by atoms with E-state index >= 15 is 0 Å². The molecule has 0 unspecified atom stereocenters. The second-order valence-corrected chi connectivity index (χ2v) is 81.1. The summed E-state index contributed by atoms with van der Waals surface area (Å²) in [7, 11) is -62.6. The van der Waals surface area contributed by atoms with E-state index in [1.807, 2.05) is 157 Å². The molecule has 0 atom stereocenters. The molecule has 0 saturated carbocycles. The second kappa shape index (κ2) is 16.1. The van der Waals surface area contributed by atoms with E-state index in [9.17, 15) is 0 Å². The maximum atomic E-state index is 7.35. The maximum Gasteiger partial charge on any atom is 0.651 e. The van der Waals surface area contributed by atoms with Gasteiger partial charge in [-0.25, -0.2) is 0 Å². The minimum atomic E-state index is -4.99. The fourth-order valence-electron chi connectivity index (χ4n) is 5.84. The average molecular weight is 1130 g/mol. The van der Waals surface area contributed by atoms with Crippen molar-refractivity contribution in [1.29, 1.82) is 0 Å². The van der Waals surface area contributed by atoms with Gasteiger partial charge in [-0.05, 0) is 157 Å². The zero-order valence-electron chi connectivity index (χ0n) is 40.2. The van der Waals surface area contributed by atoms with Gasteiger partial charge in [0.15, 0.2) is 66.5 Å². The van der Waals surface area contributed by atoms with Gasteiger partial charge in [0.25, 0.3) is 0 Å². The van der Waals surface area contributed by atoms with E-state index in [0.717, 1.165) is 0 Å². The molecule has 8 bridgehead atoms. The summed E-state index contributed by atoms with van der Waals surface area (Å²) in [5.41, 5.74) is 0. The van der Waals surface area contributed by atoms with Gasteiger partial charge in [0.05, 0.1) is 0 Å². The lowest BCUT2D eigenvalue weighted by Gasteiger charge is -2.60. The Balaban J connectivity index is 2.08. The van der Waals surface area contributed by atoms with Crippen molar-refractivity contribution < 1.29 is 82.3 Å². The predicted molar refractivity (Wildman–Crippen MR) is 254 cm³/mol. The molecule has 20 nitrogen and oxygen atoms in total. The first-order valence-electron chi connectivity index (χ1n) is 20.2. The highest BCUT2D eigenvalue weighted by molar-refractivity contribution is 7.04. The van der Waals surface area contributed by atoms with Crippen molar-refractivity contribution in [2.75, 3.05) is 0 Å². The molecule has 60 heavy (non-hydrogen) atoms. The van der Waals surface area contributed by atoms with Crippen molar-refractivity contribution in [3.8, 4) is 0 Å². The summed E-state index contributed by atoms with van der Waals surface area (Å²) in [6.07, 6.45) is 0. The summed E-state index contributed by atoms with van der Waals surface area (Å²) in [4.78, 5) is 0. The first-order chi connectivity index (χ1) is 26.1. The molecule has 0 spiro atoms. The standard InChI is InChI=1S/C24H72O20Si16/c1-45(2,3)25-53-33-54(26-46(4,5)6)36-57(29-49(13,14)15)38-55(34-53,27-47(7,8)9)40-59(31-51(19,20)21)41-56(35-53,28-48(10,11)12)39-58(37-54,30-50(16,17)18)43-60(42-57,44-59)32-52(22,23)24/h1-24H3. The van der Waals surface area contributed by atoms with Crippen molar-refractivity contribution in [1.82, 2.24) is 0 Å². The van der Waals surface area contributed by atoms with Crippen LogP contribution in [0.4, 0.5) is 0 Å². The highest BCUT2D eigenvalue weighted by Gasteiger charge is 2.92. The Morgan fingerprint density at radius 2 is 0.233 bits per heavy atom. The Bertz CT molecular complexity index is 1180. The molecule has 0 aliphatic carbocycles. The molecular formula is C24H72O20Si16. The molecule has 352 valence electrons. The lowest BCUT2D eigenvalue weighted by molar-refractivity contribution is -0.129. The summed E-state index contributed by atoms with van der Waals surface area (Å²) in [5.74, 6) is 0. The van der Waals surface area contributed by atoms with Crippen LogP contribution in [-0.4, -0.2) is 139 Å². The van der Waals surface area contributed by atoms with Gasteiger partial charge in [-0.1, -0.05) is 0 Å². The largest absolute Gasteiger partial charge is 0.651 e. The van der Waals surface area contributed by atoms with Crippen molar-refractivity contribution >= 4 is 139 Å². The van der Waals surface area contributed by atoms with E-state index in [1.54, 1.807) is 0 Å². The van der Waals surface area contributed by atoms with Crippen LogP contribution in [0.3, 0.4) is 0 Å². The van der Waals surface area contributed by atoms with Gasteiger partial charge in [-0.2, -0.15) is 0 Å². The monoisotopic (exact) mass is 1130 g/mol. The lowest BCUT2D eigenvalue weighted by atomic mass is 11.8.